The summed E-state index contributed by atoms with van der Waals surface area (Å²) in [6.07, 6.45) is 0.972. The topological polar surface area (TPSA) is 44.4 Å². The Balaban J connectivity index is 1.74. The number of carbonyl (C=O) groups excluding carboxylic acids is 1. The summed E-state index contributed by atoms with van der Waals surface area (Å²) in [7, 11) is 7.94. The number of hydrogen-bond donors (Lipinski definition) is 2. The molecule has 2 aromatic rings. The highest BCUT2D eigenvalue weighted by Gasteiger charge is 2.10. The first-order chi connectivity index (χ1) is 12.7. The van der Waals surface area contributed by atoms with E-state index in [2.05, 4.69) is 29.6 Å². The minimum absolute atomic E-state index is 0.0331. The lowest BCUT2D eigenvalue weighted by Crippen LogP contribution is -2.25. The molecule has 0 aliphatic rings. The number of hydrogen-bond acceptors (Lipinski definition) is 5. The lowest BCUT2D eigenvalue weighted by atomic mass is 10.1. The average molecular weight is 390 g/mol. The number of anilines is 2. The average Bonchev–Trinajstić information content (AvgIpc) is 2.65. The lowest BCUT2D eigenvalue weighted by Gasteiger charge is -2.12. The minimum atomic E-state index is -0.0331. The van der Waals surface area contributed by atoms with Gasteiger partial charge in [-0.15, -0.1) is 0 Å². The number of benzene rings is 2. The first-order valence-electron chi connectivity index (χ1n) is 8.75. The molecule has 1 amide bonds. The molecule has 0 radical (unpaired) electrons. The molecule has 2 aromatic carbocycles. The lowest BCUT2D eigenvalue weighted by molar-refractivity contribution is 0.0954. The van der Waals surface area contributed by atoms with Gasteiger partial charge >= 0.3 is 0 Å². The number of carbonyl (C=O) groups is 1. The fourth-order valence-corrected chi connectivity index (χ4v) is 4.45. The summed E-state index contributed by atoms with van der Waals surface area (Å²) in [5.74, 6) is 2.14. The molecule has 0 spiro atoms. The van der Waals surface area contributed by atoms with Crippen molar-refractivity contribution in [1.82, 2.24) is 10.2 Å². The molecule has 0 saturated heterocycles. The van der Waals surface area contributed by atoms with E-state index in [0.717, 1.165) is 35.8 Å². The van der Waals surface area contributed by atoms with Crippen LogP contribution in [-0.4, -0.2) is 49.5 Å². The zero-order valence-electron chi connectivity index (χ0n) is 15.4. The number of para-hydroxylation sites is 2. The van der Waals surface area contributed by atoms with Gasteiger partial charge in [-0.3, -0.25) is 4.79 Å². The number of amides is 1. The summed E-state index contributed by atoms with van der Waals surface area (Å²) >= 11 is 0. The molecule has 4 nitrogen and oxygen atoms in total. The van der Waals surface area contributed by atoms with Gasteiger partial charge in [0.15, 0.2) is 0 Å². The van der Waals surface area contributed by atoms with Crippen molar-refractivity contribution in [3.05, 3.63) is 60.2 Å². The highest BCUT2D eigenvalue weighted by molar-refractivity contribution is 8.76. The van der Waals surface area contributed by atoms with Crippen LogP contribution >= 0.6 is 21.6 Å². The molecule has 0 heterocycles. The van der Waals surface area contributed by atoms with Crippen molar-refractivity contribution in [2.24, 2.45) is 0 Å². The molecule has 140 valence electrons. The maximum Gasteiger partial charge on any atom is 0.253 e. The van der Waals surface area contributed by atoms with Gasteiger partial charge in [-0.05, 0) is 44.8 Å². The Hall–Kier alpha value is -1.63. The van der Waals surface area contributed by atoms with E-state index in [4.69, 9.17) is 0 Å². The number of rotatable bonds is 11. The molecule has 0 atom stereocenters. The van der Waals surface area contributed by atoms with Gasteiger partial charge in [-0.25, -0.2) is 0 Å². The Morgan fingerprint density at radius 3 is 2.42 bits per heavy atom. The van der Waals surface area contributed by atoms with Crippen LogP contribution in [0.15, 0.2) is 54.6 Å². The highest BCUT2D eigenvalue weighted by Crippen LogP contribution is 2.22. The Morgan fingerprint density at radius 2 is 1.65 bits per heavy atom. The highest BCUT2D eigenvalue weighted by atomic mass is 33.1. The van der Waals surface area contributed by atoms with Gasteiger partial charge in [0.1, 0.15) is 0 Å². The Bertz CT molecular complexity index is 665. The molecular formula is C20H27N3OS2. The van der Waals surface area contributed by atoms with Crippen LogP contribution in [0.3, 0.4) is 0 Å². The van der Waals surface area contributed by atoms with Gasteiger partial charge in [-0.1, -0.05) is 51.9 Å². The van der Waals surface area contributed by atoms with Gasteiger partial charge in [-0.2, -0.15) is 0 Å². The zero-order chi connectivity index (χ0) is 18.6. The van der Waals surface area contributed by atoms with Gasteiger partial charge < -0.3 is 15.5 Å². The second kappa shape index (κ2) is 11.9. The van der Waals surface area contributed by atoms with Gasteiger partial charge in [0, 0.05) is 30.3 Å². The molecule has 0 unspecified atom stereocenters. The van der Waals surface area contributed by atoms with Crippen molar-refractivity contribution in [2.45, 2.75) is 6.42 Å². The predicted molar refractivity (Wildman–Crippen MR) is 117 cm³/mol. The Morgan fingerprint density at radius 1 is 0.962 bits per heavy atom. The van der Waals surface area contributed by atoms with Crippen LogP contribution in [0.2, 0.25) is 0 Å². The largest absolute Gasteiger partial charge is 0.355 e. The molecule has 2 rings (SSSR count). The molecular weight excluding hydrogens is 362 g/mol. The molecule has 2 N–H and O–H groups in total. The summed E-state index contributed by atoms with van der Waals surface area (Å²) in [6.45, 7) is 1.79. The van der Waals surface area contributed by atoms with Crippen LogP contribution in [0.5, 0.6) is 0 Å². The fraction of sp³-hybridized carbons (Fsp3) is 0.350. The summed E-state index contributed by atoms with van der Waals surface area (Å²) in [5.41, 5.74) is 2.47. The number of nitrogens with one attached hydrogen (secondary N) is 2. The van der Waals surface area contributed by atoms with E-state index in [-0.39, 0.29) is 5.91 Å². The fourth-order valence-electron chi connectivity index (χ4n) is 2.23. The van der Waals surface area contributed by atoms with E-state index in [0.29, 0.717) is 12.1 Å². The molecule has 0 saturated carbocycles. The van der Waals surface area contributed by atoms with Crippen LogP contribution in [0.4, 0.5) is 11.4 Å². The van der Waals surface area contributed by atoms with E-state index in [1.54, 1.807) is 0 Å². The quantitative estimate of drug-likeness (QED) is 0.438. The van der Waals surface area contributed by atoms with Crippen LogP contribution in [0.25, 0.3) is 0 Å². The van der Waals surface area contributed by atoms with Gasteiger partial charge in [0.05, 0.1) is 11.3 Å². The van der Waals surface area contributed by atoms with E-state index in [1.165, 1.54) is 0 Å². The zero-order valence-corrected chi connectivity index (χ0v) is 17.0. The van der Waals surface area contributed by atoms with Crippen molar-refractivity contribution in [3.8, 4) is 0 Å². The van der Waals surface area contributed by atoms with E-state index < -0.39 is 0 Å². The number of nitrogens with zero attached hydrogens (tertiary/aromatic N) is 1. The van der Waals surface area contributed by atoms with E-state index >= 15 is 0 Å². The maximum atomic E-state index is 12.5. The molecule has 0 bridgehead atoms. The van der Waals surface area contributed by atoms with Crippen LogP contribution in [0.1, 0.15) is 16.8 Å². The summed E-state index contributed by atoms with van der Waals surface area (Å²) in [4.78, 5) is 14.7. The Kier molecular flexibility index (Phi) is 9.45. The van der Waals surface area contributed by atoms with Crippen molar-refractivity contribution in [2.75, 3.05) is 44.0 Å². The van der Waals surface area contributed by atoms with Crippen LogP contribution in [0, 0.1) is 0 Å². The minimum Gasteiger partial charge on any atom is -0.355 e. The molecule has 0 aromatic heterocycles. The third-order valence-electron chi connectivity index (χ3n) is 3.62. The molecule has 0 aliphatic heterocycles. The molecule has 0 fully saturated rings. The normalized spacial score (nSPS) is 10.7. The summed E-state index contributed by atoms with van der Waals surface area (Å²) < 4.78 is 0. The Labute approximate surface area is 164 Å². The third kappa shape index (κ3) is 7.72. The summed E-state index contributed by atoms with van der Waals surface area (Å²) in [6, 6.07) is 17.5. The standard InChI is InChI=1S/C20H27N3OS2/c1-23(2)14-16-26-25-15-8-13-21-20(24)18-11-6-7-12-19(18)22-17-9-4-3-5-10-17/h3-7,9-12,22H,8,13-16H2,1-2H3,(H,21,24). The van der Waals surface area contributed by atoms with Crippen LogP contribution in [-0.2, 0) is 0 Å². The van der Waals surface area contributed by atoms with E-state index in [1.807, 2.05) is 76.2 Å². The van der Waals surface area contributed by atoms with Crippen molar-refractivity contribution >= 4 is 38.9 Å². The van der Waals surface area contributed by atoms with Gasteiger partial charge in [0.25, 0.3) is 5.91 Å². The molecule has 6 heteroatoms. The van der Waals surface area contributed by atoms with Crippen molar-refractivity contribution in [1.29, 1.82) is 0 Å². The van der Waals surface area contributed by atoms with Crippen molar-refractivity contribution in [3.63, 3.8) is 0 Å². The second-order valence-corrected chi connectivity index (χ2v) is 8.80. The first kappa shape index (κ1) is 20.7. The first-order valence-corrected chi connectivity index (χ1v) is 11.2. The third-order valence-corrected chi connectivity index (χ3v) is 6.09. The predicted octanol–water partition coefficient (Wildman–Crippen LogP) is 4.49. The summed E-state index contributed by atoms with van der Waals surface area (Å²) in [5, 5.41) is 6.34. The second-order valence-electron chi connectivity index (χ2n) is 6.09. The SMILES string of the molecule is CN(C)CCSSCCCNC(=O)c1ccccc1Nc1ccccc1. The smallest absolute Gasteiger partial charge is 0.253 e. The molecule has 0 aliphatic carbocycles. The van der Waals surface area contributed by atoms with E-state index in [9.17, 15) is 4.79 Å². The molecule has 26 heavy (non-hydrogen) atoms. The maximum absolute atomic E-state index is 12.5. The van der Waals surface area contributed by atoms with Crippen molar-refractivity contribution < 1.29 is 4.79 Å². The van der Waals surface area contributed by atoms with Crippen LogP contribution < -0.4 is 10.6 Å². The monoisotopic (exact) mass is 389 g/mol. The van der Waals surface area contributed by atoms with Gasteiger partial charge in [0.2, 0.25) is 0 Å².